The highest BCUT2D eigenvalue weighted by molar-refractivity contribution is 7.22. The first kappa shape index (κ1) is 12.9. The van der Waals surface area contributed by atoms with Crippen molar-refractivity contribution in [3.63, 3.8) is 0 Å². The first-order valence-electron chi connectivity index (χ1n) is 6.06. The Kier molecular flexibility index (Phi) is 3.06. The standard InChI is InChI=1S/C13H12N2O4S/c1-19-8-2-3-10-9(5-8)14-13(20-10)15-6-7(12(17)18)4-11(15)16/h2-3,5,7H,4,6H2,1H3,(H,17,18). The van der Waals surface area contributed by atoms with Crippen molar-refractivity contribution in [3.05, 3.63) is 18.2 Å². The van der Waals surface area contributed by atoms with Crippen LogP contribution in [0.25, 0.3) is 10.2 Å². The van der Waals surface area contributed by atoms with E-state index in [0.29, 0.717) is 10.9 Å². The Labute approximate surface area is 118 Å². The number of ether oxygens (including phenoxy) is 1. The summed E-state index contributed by atoms with van der Waals surface area (Å²) < 4.78 is 6.07. The summed E-state index contributed by atoms with van der Waals surface area (Å²) in [6.07, 6.45) is 0.0363. The minimum atomic E-state index is -0.941. The summed E-state index contributed by atoms with van der Waals surface area (Å²) in [6, 6.07) is 5.51. The van der Waals surface area contributed by atoms with Crippen LogP contribution in [0.5, 0.6) is 5.75 Å². The molecule has 0 spiro atoms. The van der Waals surface area contributed by atoms with Crippen molar-refractivity contribution in [2.45, 2.75) is 6.42 Å². The van der Waals surface area contributed by atoms with Crippen LogP contribution in [-0.2, 0) is 9.59 Å². The normalized spacial score (nSPS) is 18.8. The zero-order chi connectivity index (χ0) is 14.3. The molecule has 1 aromatic heterocycles. The van der Waals surface area contributed by atoms with Crippen LogP contribution in [0.4, 0.5) is 5.13 Å². The quantitative estimate of drug-likeness (QED) is 0.932. The van der Waals surface area contributed by atoms with E-state index in [9.17, 15) is 9.59 Å². The second kappa shape index (κ2) is 4.75. The molecule has 104 valence electrons. The molecule has 1 amide bonds. The van der Waals surface area contributed by atoms with E-state index in [-0.39, 0.29) is 18.9 Å². The van der Waals surface area contributed by atoms with Crippen LogP contribution in [0.3, 0.4) is 0 Å². The van der Waals surface area contributed by atoms with Crippen molar-refractivity contribution in [3.8, 4) is 5.75 Å². The number of methoxy groups -OCH3 is 1. The fourth-order valence-corrected chi connectivity index (χ4v) is 3.17. The summed E-state index contributed by atoms with van der Waals surface area (Å²) in [7, 11) is 1.58. The van der Waals surface area contributed by atoms with Crippen molar-refractivity contribution >= 4 is 38.6 Å². The Morgan fingerprint density at radius 3 is 3.00 bits per heavy atom. The fraction of sp³-hybridized carbons (Fsp3) is 0.308. The third-order valence-corrected chi connectivity index (χ3v) is 4.35. The van der Waals surface area contributed by atoms with E-state index in [0.717, 1.165) is 10.2 Å². The Morgan fingerprint density at radius 2 is 2.35 bits per heavy atom. The maximum absolute atomic E-state index is 11.9. The van der Waals surface area contributed by atoms with Crippen LogP contribution < -0.4 is 9.64 Å². The highest BCUT2D eigenvalue weighted by atomic mass is 32.1. The van der Waals surface area contributed by atoms with Crippen molar-refractivity contribution in [1.29, 1.82) is 0 Å². The molecule has 1 aliphatic heterocycles. The van der Waals surface area contributed by atoms with Crippen LogP contribution in [0.2, 0.25) is 0 Å². The van der Waals surface area contributed by atoms with Crippen LogP contribution in [-0.4, -0.2) is 35.6 Å². The van der Waals surface area contributed by atoms with Crippen LogP contribution >= 0.6 is 11.3 Å². The Bertz CT molecular complexity index is 697. The van der Waals surface area contributed by atoms with E-state index >= 15 is 0 Å². The Morgan fingerprint density at radius 1 is 1.55 bits per heavy atom. The fourth-order valence-electron chi connectivity index (χ4n) is 2.20. The molecule has 20 heavy (non-hydrogen) atoms. The molecule has 6 nitrogen and oxygen atoms in total. The molecule has 1 aliphatic rings. The number of carboxylic acid groups (broad SMARTS) is 1. The lowest BCUT2D eigenvalue weighted by molar-refractivity contribution is -0.141. The number of rotatable bonds is 3. The van der Waals surface area contributed by atoms with Crippen LogP contribution in [0.15, 0.2) is 18.2 Å². The predicted octanol–water partition coefficient (Wildman–Crippen LogP) is 1.74. The number of aromatic nitrogens is 1. The van der Waals surface area contributed by atoms with E-state index in [1.807, 2.05) is 12.1 Å². The van der Waals surface area contributed by atoms with Crippen molar-refractivity contribution in [2.75, 3.05) is 18.6 Å². The summed E-state index contributed by atoms with van der Waals surface area (Å²) in [5.41, 5.74) is 0.746. The second-order valence-electron chi connectivity index (χ2n) is 4.57. The van der Waals surface area contributed by atoms with Gasteiger partial charge in [0, 0.05) is 19.0 Å². The van der Waals surface area contributed by atoms with E-state index < -0.39 is 11.9 Å². The number of hydrogen-bond donors (Lipinski definition) is 1. The number of nitrogens with zero attached hydrogens (tertiary/aromatic N) is 2. The lowest BCUT2D eigenvalue weighted by Crippen LogP contribution is -2.25. The van der Waals surface area contributed by atoms with Gasteiger partial charge in [-0.15, -0.1) is 0 Å². The zero-order valence-electron chi connectivity index (χ0n) is 10.7. The van der Waals surface area contributed by atoms with Crippen LogP contribution in [0.1, 0.15) is 6.42 Å². The number of carbonyl (C=O) groups excluding carboxylic acids is 1. The van der Waals surface area contributed by atoms with Gasteiger partial charge in [-0.05, 0) is 12.1 Å². The summed E-state index contributed by atoms with van der Waals surface area (Å²) in [5.74, 6) is -1.08. The maximum Gasteiger partial charge on any atom is 0.308 e. The Balaban J connectivity index is 1.94. The molecule has 0 saturated carbocycles. The minimum Gasteiger partial charge on any atom is -0.497 e. The SMILES string of the molecule is COc1ccc2sc(N3CC(C(=O)O)CC3=O)nc2c1. The average Bonchev–Trinajstić information content (AvgIpc) is 3.00. The summed E-state index contributed by atoms with van der Waals surface area (Å²) in [6.45, 7) is 0.186. The van der Waals surface area contributed by atoms with Gasteiger partial charge in [0.25, 0.3) is 0 Å². The van der Waals surface area contributed by atoms with Crippen molar-refractivity contribution in [2.24, 2.45) is 5.92 Å². The molecule has 1 N–H and O–H groups in total. The van der Waals surface area contributed by atoms with Gasteiger partial charge in [-0.1, -0.05) is 11.3 Å². The molecule has 1 atom stereocenters. The van der Waals surface area contributed by atoms with Crippen molar-refractivity contribution in [1.82, 2.24) is 4.98 Å². The number of carboxylic acids is 1. The topological polar surface area (TPSA) is 79.7 Å². The lowest BCUT2D eigenvalue weighted by atomic mass is 10.1. The molecule has 1 unspecified atom stereocenters. The molecule has 2 heterocycles. The summed E-state index contributed by atoms with van der Waals surface area (Å²) in [4.78, 5) is 28.7. The first-order valence-corrected chi connectivity index (χ1v) is 6.88. The molecule has 1 saturated heterocycles. The Hall–Kier alpha value is -2.15. The molecule has 2 aromatic rings. The third-order valence-electron chi connectivity index (χ3n) is 3.29. The van der Waals surface area contributed by atoms with Gasteiger partial charge in [-0.3, -0.25) is 14.5 Å². The number of hydrogen-bond acceptors (Lipinski definition) is 5. The molecule has 1 fully saturated rings. The largest absolute Gasteiger partial charge is 0.497 e. The maximum atomic E-state index is 11.9. The predicted molar refractivity (Wildman–Crippen MR) is 74.3 cm³/mol. The number of aliphatic carboxylic acids is 1. The molecular weight excluding hydrogens is 280 g/mol. The van der Waals surface area contributed by atoms with E-state index in [1.54, 1.807) is 13.2 Å². The minimum absolute atomic E-state index is 0.0363. The number of fused-ring (bicyclic) bond motifs is 1. The molecular formula is C13H12N2O4S. The number of thiazole rings is 1. The highest BCUT2D eigenvalue weighted by Crippen LogP contribution is 2.34. The van der Waals surface area contributed by atoms with E-state index in [1.165, 1.54) is 16.2 Å². The van der Waals surface area contributed by atoms with Gasteiger partial charge >= 0.3 is 5.97 Å². The molecule has 7 heteroatoms. The molecule has 0 bridgehead atoms. The summed E-state index contributed by atoms with van der Waals surface area (Å²) >= 11 is 1.38. The summed E-state index contributed by atoms with van der Waals surface area (Å²) in [5, 5.41) is 9.53. The van der Waals surface area contributed by atoms with Gasteiger partial charge in [0.1, 0.15) is 5.75 Å². The van der Waals surface area contributed by atoms with Gasteiger partial charge in [0.15, 0.2) is 5.13 Å². The molecule has 0 aliphatic carbocycles. The number of anilines is 1. The van der Waals surface area contributed by atoms with E-state index in [4.69, 9.17) is 9.84 Å². The first-order chi connectivity index (χ1) is 9.58. The lowest BCUT2D eigenvalue weighted by Gasteiger charge is -2.10. The number of amides is 1. The zero-order valence-corrected chi connectivity index (χ0v) is 11.5. The molecule has 1 aromatic carbocycles. The number of benzene rings is 1. The number of carbonyl (C=O) groups is 2. The van der Waals surface area contributed by atoms with Gasteiger partial charge < -0.3 is 9.84 Å². The van der Waals surface area contributed by atoms with Gasteiger partial charge in [-0.2, -0.15) is 0 Å². The van der Waals surface area contributed by atoms with Crippen molar-refractivity contribution < 1.29 is 19.4 Å². The van der Waals surface area contributed by atoms with Gasteiger partial charge in [0.2, 0.25) is 5.91 Å². The smallest absolute Gasteiger partial charge is 0.308 e. The molecule has 3 rings (SSSR count). The second-order valence-corrected chi connectivity index (χ2v) is 5.58. The van der Waals surface area contributed by atoms with Crippen LogP contribution in [0, 0.1) is 5.92 Å². The highest BCUT2D eigenvalue weighted by Gasteiger charge is 2.36. The van der Waals surface area contributed by atoms with Gasteiger partial charge in [-0.25, -0.2) is 4.98 Å². The van der Waals surface area contributed by atoms with E-state index in [2.05, 4.69) is 4.98 Å². The average molecular weight is 292 g/mol. The van der Waals surface area contributed by atoms with Gasteiger partial charge in [0.05, 0.1) is 23.2 Å². The monoisotopic (exact) mass is 292 g/mol. The third kappa shape index (κ3) is 2.09. The molecule has 0 radical (unpaired) electrons.